The van der Waals surface area contributed by atoms with Crippen LogP contribution in [0.4, 0.5) is 5.82 Å². The molecule has 7 heteroatoms. The molecule has 0 bridgehead atoms. The van der Waals surface area contributed by atoms with Gasteiger partial charge in [-0.2, -0.15) is 0 Å². The summed E-state index contributed by atoms with van der Waals surface area (Å²) in [6, 6.07) is 5.03. The molecule has 2 N–H and O–H groups in total. The largest absolute Gasteiger partial charge is 0.357 e. The Morgan fingerprint density at radius 3 is 2.86 bits per heavy atom. The highest BCUT2D eigenvalue weighted by Gasteiger charge is 2.14. The summed E-state index contributed by atoms with van der Waals surface area (Å²) in [5, 5.41) is 2.76. The minimum atomic E-state index is -0.370. The first-order chi connectivity index (χ1) is 10.7. The summed E-state index contributed by atoms with van der Waals surface area (Å²) in [6.07, 6.45) is 5.35. The van der Waals surface area contributed by atoms with E-state index >= 15 is 0 Å². The van der Waals surface area contributed by atoms with Gasteiger partial charge in [-0.15, -0.1) is 0 Å². The van der Waals surface area contributed by atoms with Gasteiger partial charge in [0.2, 0.25) is 0 Å². The summed E-state index contributed by atoms with van der Waals surface area (Å²) in [4.78, 5) is 36.0. The summed E-state index contributed by atoms with van der Waals surface area (Å²) in [5.74, 6) is 0.573. The normalized spacial score (nSPS) is 14.1. The van der Waals surface area contributed by atoms with Crippen molar-refractivity contribution < 1.29 is 4.79 Å². The molecule has 1 fully saturated rings. The summed E-state index contributed by atoms with van der Waals surface area (Å²) in [6.45, 7) is 2.43. The van der Waals surface area contributed by atoms with E-state index in [1.807, 2.05) is 12.1 Å². The van der Waals surface area contributed by atoms with Crippen LogP contribution in [-0.2, 0) is 6.54 Å². The van der Waals surface area contributed by atoms with Gasteiger partial charge in [0.15, 0.2) is 0 Å². The van der Waals surface area contributed by atoms with Crippen molar-refractivity contribution in [2.45, 2.75) is 19.4 Å². The molecule has 114 valence electrons. The molecule has 0 spiro atoms. The Labute approximate surface area is 127 Å². The molecule has 1 aliphatic rings. The number of nitrogens with zero attached hydrogens (tertiary/aromatic N) is 3. The molecule has 0 aliphatic carbocycles. The van der Waals surface area contributed by atoms with Crippen LogP contribution >= 0.6 is 0 Å². The second kappa shape index (κ2) is 6.38. The van der Waals surface area contributed by atoms with Crippen LogP contribution in [0.3, 0.4) is 0 Å². The molecular formula is C15H17N5O2. The van der Waals surface area contributed by atoms with Crippen molar-refractivity contribution >= 4 is 11.7 Å². The van der Waals surface area contributed by atoms with Crippen molar-refractivity contribution in [1.82, 2.24) is 20.3 Å². The lowest BCUT2D eigenvalue weighted by molar-refractivity contribution is 0.0945. The molecule has 1 amide bonds. The average Bonchev–Trinajstić information content (AvgIpc) is 3.07. The van der Waals surface area contributed by atoms with Crippen LogP contribution in [0.5, 0.6) is 0 Å². The van der Waals surface area contributed by atoms with E-state index in [2.05, 4.69) is 25.2 Å². The molecule has 0 saturated carbocycles. The van der Waals surface area contributed by atoms with E-state index in [-0.39, 0.29) is 17.2 Å². The highest BCUT2D eigenvalue weighted by Crippen LogP contribution is 2.18. The minimum Gasteiger partial charge on any atom is -0.357 e. The SMILES string of the molecule is O=C(NCc1ccnc(N2CCCC2)c1)c1cc(=O)[nH]cn1. The van der Waals surface area contributed by atoms with Gasteiger partial charge in [0.25, 0.3) is 11.5 Å². The van der Waals surface area contributed by atoms with Crippen molar-refractivity contribution in [2.75, 3.05) is 18.0 Å². The van der Waals surface area contributed by atoms with Crippen LogP contribution in [0.2, 0.25) is 0 Å². The Bertz CT molecular complexity index is 722. The van der Waals surface area contributed by atoms with Gasteiger partial charge >= 0.3 is 0 Å². The van der Waals surface area contributed by atoms with Crippen LogP contribution in [0.25, 0.3) is 0 Å². The number of anilines is 1. The maximum Gasteiger partial charge on any atom is 0.270 e. The number of carbonyl (C=O) groups excluding carboxylic acids is 1. The Kier molecular flexibility index (Phi) is 4.13. The van der Waals surface area contributed by atoms with Crippen LogP contribution in [0, 0.1) is 0 Å². The fourth-order valence-electron chi connectivity index (χ4n) is 2.46. The number of hydrogen-bond donors (Lipinski definition) is 2. The maximum atomic E-state index is 12.0. The van der Waals surface area contributed by atoms with E-state index < -0.39 is 0 Å². The molecule has 2 aromatic rings. The van der Waals surface area contributed by atoms with E-state index in [9.17, 15) is 9.59 Å². The second-order valence-electron chi connectivity index (χ2n) is 5.20. The van der Waals surface area contributed by atoms with Crippen molar-refractivity contribution in [3.8, 4) is 0 Å². The van der Waals surface area contributed by atoms with Crippen molar-refractivity contribution in [1.29, 1.82) is 0 Å². The van der Waals surface area contributed by atoms with Crippen molar-refractivity contribution in [2.24, 2.45) is 0 Å². The Morgan fingerprint density at radius 2 is 2.09 bits per heavy atom. The summed E-state index contributed by atoms with van der Waals surface area (Å²) < 4.78 is 0. The number of amides is 1. The van der Waals surface area contributed by atoms with Gasteiger partial charge < -0.3 is 15.2 Å². The number of aromatic amines is 1. The van der Waals surface area contributed by atoms with E-state index in [4.69, 9.17) is 0 Å². The van der Waals surface area contributed by atoms with Crippen molar-refractivity contribution in [3.63, 3.8) is 0 Å². The van der Waals surface area contributed by atoms with Gasteiger partial charge in [-0.1, -0.05) is 0 Å². The Morgan fingerprint density at radius 1 is 1.27 bits per heavy atom. The van der Waals surface area contributed by atoms with Crippen LogP contribution in [-0.4, -0.2) is 33.9 Å². The van der Waals surface area contributed by atoms with Crippen LogP contribution in [0.1, 0.15) is 28.9 Å². The number of pyridine rings is 1. The lowest BCUT2D eigenvalue weighted by atomic mass is 10.2. The Hall–Kier alpha value is -2.70. The minimum absolute atomic E-state index is 0.109. The van der Waals surface area contributed by atoms with Crippen molar-refractivity contribution in [3.05, 3.63) is 52.3 Å². The van der Waals surface area contributed by atoms with Gasteiger partial charge in [0.1, 0.15) is 11.5 Å². The predicted molar refractivity (Wildman–Crippen MR) is 81.7 cm³/mol. The van der Waals surface area contributed by atoms with E-state index in [1.54, 1.807) is 6.20 Å². The predicted octanol–water partition coefficient (Wildman–Crippen LogP) is 0.695. The number of hydrogen-bond acceptors (Lipinski definition) is 5. The molecule has 3 rings (SSSR count). The molecule has 1 aliphatic heterocycles. The second-order valence-corrected chi connectivity index (χ2v) is 5.20. The fraction of sp³-hybridized carbons (Fsp3) is 0.333. The molecular weight excluding hydrogens is 282 g/mol. The smallest absolute Gasteiger partial charge is 0.270 e. The molecule has 0 unspecified atom stereocenters. The first-order valence-corrected chi connectivity index (χ1v) is 7.25. The molecule has 3 heterocycles. The zero-order valence-corrected chi connectivity index (χ0v) is 12.1. The van der Waals surface area contributed by atoms with Gasteiger partial charge in [0, 0.05) is 31.9 Å². The molecule has 0 radical (unpaired) electrons. The zero-order valence-electron chi connectivity index (χ0n) is 12.1. The first-order valence-electron chi connectivity index (χ1n) is 7.25. The Balaban J connectivity index is 1.65. The highest BCUT2D eigenvalue weighted by atomic mass is 16.2. The number of rotatable bonds is 4. The first kappa shape index (κ1) is 14.2. The van der Waals surface area contributed by atoms with E-state index in [0.717, 1.165) is 24.5 Å². The standard InChI is InChI=1S/C15H17N5O2/c21-14-8-12(18-10-19-14)15(22)17-9-11-3-4-16-13(7-11)20-5-1-2-6-20/h3-4,7-8,10H,1-2,5-6,9H2,(H,17,22)(H,18,19,21). The molecule has 1 saturated heterocycles. The summed E-state index contributed by atoms with van der Waals surface area (Å²) >= 11 is 0. The molecule has 2 aromatic heterocycles. The van der Waals surface area contributed by atoms with E-state index in [1.165, 1.54) is 25.2 Å². The van der Waals surface area contributed by atoms with Crippen LogP contribution in [0.15, 0.2) is 35.5 Å². The fourth-order valence-corrected chi connectivity index (χ4v) is 2.46. The average molecular weight is 299 g/mol. The third-order valence-corrected chi connectivity index (χ3v) is 3.60. The molecule has 7 nitrogen and oxygen atoms in total. The summed E-state index contributed by atoms with van der Waals surface area (Å²) in [7, 11) is 0. The van der Waals surface area contributed by atoms with Gasteiger partial charge in [-0.25, -0.2) is 9.97 Å². The highest BCUT2D eigenvalue weighted by molar-refractivity contribution is 5.91. The molecule has 0 aromatic carbocycles. The number of carbonyl (C=O) groups is 1. The van der Waals surface area contributed by atoms with Gasteiger partial charge in [-0.05, 0) is 30.5 Å². The molecule has 22 heavy (non-hydrogen) atoms. The third-order valence-electron chi connectivity index (χ3n) is 3.60. The number of aromatic nitrogens is 3. The number of nitrogens with one attached hydrogen (secondary N) is 2. The van der Waals surface area contributed by atoms with E-state index in [0.29, 0.717) is 6.54 Å². The summed E-state index contributed by atoms with van der Waals surface area (Å²) in [5.41, 5.74) is 0.730. The van der Waals surface area contributed by atoms with Crippen LogP contribution < -0.4 is 15.8 Å². The lowest BCUT2D eigenvalue weighted by Gasteiger charge is -2.16. The maximum absolute atomic E-state index is 12.0. The number of H-pyrrole nitrogens is 1. The quantitative estimate of drug-likeness (QED) is 0.867. The third kappa shape index (κ3) is 3.30. The monoisotopic (exact) mass is 299 g/mol. The molecule has 0 atom stereocenters. The zero-order chi connectivity index (χ0) is 15.4. The topological polar surface area (TPSA) is 91.0 Å². The van der Waals surface area contributed by atoms with Gasteiger partial charge in [0.05, 0.1) is 6.33 Å². The van der Waals surface area contributed by atoms with Gasteiger partial charge in [-0.3, -0.25) is 9.59 Å². The lowest BCUT2D eigenvalue weighted by Crippen LogP contribution is -2.26.